The highest BCUT2D eigenvalue weighted by molar-refractivity contribution is 5.73. The summed E-state index contributed by atoms with van der Waals surface area (Å²) in [4.78, 5) is 16.9. The van der Waals surface area contributed by atoms with Gasteiger partial charge in [-0.3, -0.25) is 9.80 Å². The number of nitrogens with one attached hydrogen (secondary N) is 2. The predicted molar refractivity (Wildman–Crippen MR) is 184 cm³/mol. The van der Waals surface area contributed by atoms with E-state index >= 15 is 0 Å². The summed E-state index contributed by atoms with van der Waals surface area (Å²) in [6, 6.07) is 35.2. The second kappa shape index (κ2) is 16.2. The van der Waals surface area contributed by atoms with Crippen molar-refractivity contribution in [2.24, 2.45) is 0 Å². The van der Waals surface area contributed by atoms with Crippen LogP contribution in [0.2, 0.25) is 0 Å². The van der Waals surface area contributed by atoms with Gasteiger partial charge in [-0.15, -0.1) is 0 Å². The molecule has 47 heavy (non-hydrogen) atoms. The molecular formula is C39H46N4O4. The Morgan fingerprint density at radius 3 is 2.17 bits per heavy atom. The Labute approximate surface area is 278 Å². The molecular weight excluding hydrogens is 588 g/mol. The van der Waals surface area contributed by atoms with E-state index in [1.807, 2.05) is 31.2 Å². The first kappa shape index (κ1) is 32.9. The molecule has 246 valence electrons. The van der Waals surface area contributed by atoms with Crippen LogP contribution >= 0.6 is 0 Å². The smallest absolute Gasteiger partial charge is 0.315 e. The van der Waals surface area contributed by atoms with Crippen LogP contribution in [0.4, 0.5) is 4.79 Å². The van der Waals surface area contributed by atoms with Crippen LogP contribution in [0, 0.1) is 0 Å². The normalized spacial score (nSPS) is 20.5. The molecule has 6 rings (SSSR count). The summed E-state index contributed by atoms with van der Waals surface area (Å²) in [7, 11) is 0. The minimum absolute atomic E-state index is 0.0192. The van der Waals surface area contributed by atoms with Gasteiger partial charge in [0.1, 0.15) is 0 Å². The van der Waals surface area contributed by atoms with Crippen LogP contribution in [0.15, 0.2) is 103 Å². The molecule has 0 saturated carbocycles. The minimum Gasteiger partial charge on any atom is -0.392 e. The second-order valence-electron chi connectivity index (χ2n) is 12.4. The Bertz CT molecular complexity index is 1560. The molecule has 2 amide bonds. The summed E-state index contributed by atoms with van der Waals surface area (Å²) >= 11 is 0. The first-order valence-corrected chi connectivity index (χ1v) is 16.8. The standard InChI is InChI=1S/C39H46N4O4/c1-2-40-39(45)41-25-31-9-6-10-35(23-31)32-15-17-34(18-16-32)38-46-36(24-37(47-38)33-13-11-30(28-44)12-14-33)27-43-21-19-42(20-22-43)26-29-7-4-3-5-8-29/h3-18,23,36-38,44H,2,19-22,24-28H2,1H3,(H2,40,41,45). The van der Waals surface area contributed by atoms with Crippen molar-refractivity contribution in [2.45, 2.75) is 51.5 Å². The number of aliphatic hydroxyl groups is 1. The zero-order valence-electron chi connectivity index (χ0n) is 27.2. The second-order valence-corrected chi connectivity index (χ2v) is 12.4. The van der Waals surface area contributed by atoms with Crippen LogP contribution in [0.5, 0.6) is 0 Å². The van der Waals surface area contributed by atoms with E-state index in [1.54, 1.807) is 0 Å². The maximum atomic E-state index is 11.9. The van der Waals surface area contributed by atoms with Gasteiger partial charge in [-0.05, 0) is 46.4 Å². The Hall–Kier alpha value is -4.05. The lowest BCUT2D eigenvalue weighted by Crippen LogP contribution is -2.49. The van der Waals surface area contributed by atoms with Gasteiger partial charge in [-0.25, -0.2) is 4.79 Å². The zero-order valence-corrected chi connectivity index (χ0v) is 27.2. The fourth-order valence-electron chi connectivity index (χ4n) is 6.39. The lowest BCUT2D eigenvalue weighted by atomic mass is 9.98. The monoisotopic (exact) mass is 634 g/mol. The molecule has 2 saturated heterocycles. The average Bonchev–Trinajstić information content (AvgIpc) is 3.12. The largest absolute Gasteiger partial charge is 0.392 e. The molecule has 0 aromatic heterocycles. The fraction of sp³-hybridized carbons (Fsp3) is 0.359. The van der Waals surface area contributed by atoms with Crippen LogP contribution in [0.25, 0.3) is 11.1 Å². The molecule has 8 nitrogen and oxygen atoms in total. The van der Waals surface area contributed by atoms with Crippen molar-refractivity contribution in [1.29, 1.82) is 0 Å². The number of carbonyl (C=O) groups excluding carboxylic acids is 1. The number of hydrogen-bond donors (Lipinski definition) is 3. The lowest BCUT2D eigenvalue weighted by Gasteiger charge is -2.40. The van der Waals surface area contributed by atoms with Crippen molar-refractivity contribution in [2.75, 3.05) is 39.3 Å². The third-order valence-electron chi connectivity index (χ3n) is 9.02. The first-order chi connectivity index (χ1) is 23.1. The molecule has 2 fully saturated rings. The summed E-state index contributed by atoms with van der Waals surface area (Å²) in [6.45, 7) is 8.94. The summed E-state index contributed by atoms with van der Waals surface area (Å²) in [6.07, 6.45) is 0.191. The van der Waals surface area contributed by atoms with E-state index in [2.05, 4.69) is 99.3 Å². The van der Waals surface area contributed by atoms with Crippen molar-refractivity contribution < 1.29 is 19.4 Å². The molecule has 0 radical (unpaired) electrons. The summed E-state index contributed by atoms with van der Waals surface area (Å²) < 4.78 is 13.3. The van der Waals surface area contributed by atoms with Gasteiger partial charge in [-0.2, -0.15) is 0 Å². The number of rotatable bonds is 11. The molecule has 2 aliphatic rings. The Morgan fingerprint density at radius 1 is 0.745 bits per heavy atom. The van der Waals surface area contributed by atoms with Crippen LogP contribution in [0.3, 0.4) is 0 Å². The van der Waals surface area contributed by atoms with Crippen LogP contribution in [0.1, 0.15) is 53.6 Å². The van der Waals surface area contributed by atoms with Crippen molar-refractivity contribution in [3.63, 3.8) is 0 Å². The van der Waals surface area contributed by atoms with Gasteiger partial charge in [0.2, 0.25) is 0 Å². The average molecular weight is 635 g/mol. The van der Waals surface area contributed by atoms with E-state index in [4.69, 9.17) is 9.47 Å². The number of carbonyl (C=O) groups is 1. The van der Waals surface area contributed by atoms with E-state index in [1.165, 1.54) is 5.56 Å². The molecule has 3 unspecified atom stereocenters. The molecule has 3 atom stereocenters. The van der Waals surface area contributed by atoms with Gasteiger partial charge in [0.15, 0.2) is 6.29 Å². The molecule has 2 aliphatic heterocycles. The predicted octanol–water partition coefficient (Wildman–Crippen LogP) is 6.03. The maximum absolute atomic E-state index is 11.9. The van der Waals surface area contributed by atoms with Gasteiger partial charge >= 0.3 is 6.03 Å². The number of nitrogens with zero attached hydrogens (tertiary/aromatic N) is 2. The Balaban J connectivity index is 1.12. The maximum Gasteiger partial charge on any atom is 0.315 e. The Morgan fingerprint density at radius 2 is 1.45 bits per heavy atom. The van der Waals surface area contributed by atoms with Gasteiger partial charge < -0.3 is 25.2 Å². The molecule has 0 aliphatic carbocycles. The third-order valence-corrected chi connectivity index (χ3v) is 9.02. The Kier molecular flexibility index (Phi) is 11.3. The summed E-state index contributed by atoms with van der Waals surface area (Å²) in [5.41, 5.74) is 7.55. The van der Waals surface area contributed by atoms with Crippen molar-refractivity contribution in [3.8, 4) is 11.1 Å². The number of benzene rings is 4. The van der Waals surface area contributed by atoms with Crippen molar-refractivity contribution in [1.82, 2.24) is 20.4 Å². The minimum atomic E-state index is -0.489. The number of ether oxygens (including phenoxy) is 2. The summed E-state index contributed by atoms with van der Waals surface area (Å²) in [5, 5.41) is 15.2. The van der Waals surface area contributed by atoms with Gasteiger partial charge in [0.05, 0.1) is 18.8 Å². The van der Waals surface area contributed by atoms with Crippen LogP contribution < -0.4 is 10.6 Å². The van der Waals surface area contributed by atoms with E-state index in [-0.39, 0.29) is 24.8 Å². The van der Waals surface area contributed by atoms with E-state index < -0.39 is 6.29 Å². The highest BCUT2D eigenvalue weighted by atomic mass is 16.7. The van der Waals surface area contributed by atoms with Crippen LogP contribution in [-0.2, 0) is 29.2 Å². The number of aliphatic hydroxyl groups excluding tert-OH is 1. The molecule has 3 N–H and O–H groups in total. The van der Waals surface area contributed by atoms with E-state index in [0.717, 1.165) is 79.1 Å². The van der Waals surface area contributed by atoms with E-state index in [9.17, 15) is 9.90 Å². The molecule has 4 aromatic rings. The number of urea groups is 1. The van der Waals surface area contributed by atoms with Gasteiger partial charge in [0.25, 0.3) is 0 Å². The highest BCUT2D eigenvalue weighted by Crippen LogP contribution is 2.38. The fourth-order valence-corrected chi connectivity index (χ4v) is 6.39. The van der Waals surface area contributed by atoms with Gasteiger partial charge in [0, 0.05) is 64.3 Å². The number of hydrogen-bond acceptors (Lipinski definition) is 6. The highest BCUT2D eigenvalue weighted by Gasteiger charge is 2.33. The van der Waals surface area contributed by atoms with Gasteiger partial charge in [-0.1, -0.05) is 97.1 Å². The number of amides is 2. The topological polar surface area (TPSA) is 86.3 Å². The summed E-state index contributed by atoms with van der Waals surface area (Å²) in [5.74, 6) is 0. The molecule has 8 heteroatoms. The molecule has 4 aromatic carbocycles. The van der Waals surface area contributed by atoms with Crippen LogP contribution in [-0.4, -0.2) is 66.3 Å². The molecule has 0 spiro atoms. The zero-order chi connectivity index (χ0) is 32.4. The van der Waals surface area contributed by atoms with Crippen molar-refractivity contribution in [3.05, 3.63) is 131 Å². The lowest BCUT2D eigenvalue weighted by molar-refractivity contribution is -0.253. The number of piperazine rings is 1. The molecule has 2 heterocycles. The first-order valence-electron chi connectivity index (χ1n) is 16.8. The van der Waals surface area contributed by atoms with E-state index in [0.29, 0.717) is 13.1 Å². The quantitative estimate of drug-likeness (QED) is 0.187. The third kappa shape index (κ3) is 9.06. The van der Waals surface area contributed by atoms with Crippen molar-refractivity contribution >= 4 is 6.03 Å². The SMILES string of the molecule is CCNC(=O)NCc1cccc(-c2ccc(C3OC(CN4CCN(Cc5ccccc5)CC4)CC(c4ccc(CO)cc4)O3)cc2)c1. The molecule has 0 bridgehead atoms.